The SMILES string of the molecule is Cc1cc(=O)c(C(=O)N(C)C2CCc3ccccc32)nn1-c1ccc(Cl)cc1. The van der Waals surface area contributed by atoms with Crippen LogP contribution in [0.4, 0.5) is 0 Å². The third kappa shape index (κ3) is 3.22. The first-order valence-electron chi connectivity index (χ1n) is 9.17. The summed E-state index contributed by atoms with van der Waals surface area (Å²) in [7, 11) is 1.74. The molecule has 0 spiro atoms. The summed E-state index contributed by atoms with van der Waals surface area (Å²) in [6.07, 6.45) is 1.77. The van der Waals surface area contributed by atoms with Crippen LogP contribution in [0.3, 0.4) is 0 Å². The quantitative estimate of drug-likeness (QED) is 0.677. The van der Waals surface area contributed by atoms with Crippen molar-refractivity contribution in [1.29, 1.82) is 0 Å². The fourth-order valence-corrected chi connectivity index (χ4v) is 3.91. The van der Waals surface area contributed by atoms with Crippen LogP contribution < -0.4 is 5.43 Å². The van der Waals surface area contributed by atoms with E-state index in [0.717, 1.165) is 24.1 Å². The van der Waals surface area contributed by atoms with Gasteiger partial charge in [0.2, 0.25) is 5.43 Å². The van der Waals surface area contributed by atoms with E-state index < -0.39 is 0 Å². The van der Waals surface area contributed by atoms with Crippen LogP contribution >= 0.6 is 11.6 Å². The van der Waals surface area contributed by atoms with Crippen molar-refractivity contribution in [2.24, 2.45) is 0 Å². The summed E-state index contributed by atoms with van der Waals surface area (Å²) in [6.45, 7) is 1.79. The number of nitrogens with zero attached hydrogens (tertiary/aromatic N) is 3. The molecule has 5 nitrogen and oxygen atoms in total. The Morgan fingerprint density at radius 3 is 2.64 bits per heavy atom. The third-order valence-corrected chi connectivity index (χ3v) is 5.52. The largest absolute Gasteiger partial charge is 0.333 e. The van der Waals surface area contributed by atoms with E-state index in [4.69, 9.17) is 11.6 Å². The van der Waals surface area contributed by atoms with E-state index in [9.17, 15) is 9.59 Å². The highest BCUT2D eigenvalue weighted by molar-refractivity contribution is 6.30. The number of fused-ring (bicyclic) bond motifs is 1. The van der Waals surface area contributed by atoms with Gasteiger partial charge in [-0.15, -0.1) is 0 Å². The number of carbonyl (C=O) groups excluding carboxylic acids is 1. The maximum atomic E-state index is 13.1. The van der Waals surface area contributed by atoms with Crippen molar-refractivity contribution >= 4 is 17.5 Å². The zero-order valence-corrected chi connectivity index (χ0v) is 16.5. The molecule has 1 aromatic heterocycles. The van der Waals surface area contributed by atoms with Crippen LogP contribution in [0.2, 0.25) is 5.02 Å². The van der Waals surface area contributed by atoms with Crippen molar-refractivity contribution in [3.8, 4) is 5.69 Å². The van der Waals surface area contributed by atoms with Gasteiger partial charge < -0.3 is 4.90 Å². The number of hydrogen-bond donors (Lipinski definition) is 0. The first-order valence-corrected chi connectivity index (χ1v) is 9.55. The molecular formula is C22H20ClN3O2. The van der Waals surface area contributed by atoms with E-state index in [1.165, 1.54) is 11.6 Å². The molecule has 1 unspecified atom stereocenters. The summed E-state index contributed by atoms with van der Waals surface area (Å²) in [5.74, 6) is -0.366. The second-order valence-corrected chi connectivity index (χ2v) is 7.49. The van der Waals surface area contributed by atoms with E-state index in [2.05, 4.69) is 11.2 Å². The summed E-state index contributed by atoms with van der Waals surface area (Å²) in [6, 6.07) is 16.6. The van der Waals surface area contributed by atoms with Crippen molar-refractivity contribution in [2.45, 2.75) is 25.8 Å². The van der Waals surface area contributed by atoms with Crippen molar-refractivity contribution in [2.75, 3.05) is 7.05 Å². The maximum Gasteiger partial charge on any atom is 0.278 e. The molecule has 6 heteroatoms. The lowest BCUT2D eigenvalue weighted by Gasteiger charge is -2.25. The van der Waals surface area contributed by atoms with Crippen molar-refractivity contribution in [3.63, 3.8) is 0 Å². The number of hydrogen-bond acceptors (Lipinski definition) is 3. The number of carbonyl (C=O) groups is 1. The highest BCUT2D eigenvalue weighted by atomic mass is 35.5. The molecule has 3 aromatic rings. The van der Waals surface area contributed by atoms with Crippen LogP contribution in [0.1, 0.15) is 39.8 Å². The second-order valence-electron chi connectivity index (χ2n) is 7.06. The lowest BCUT2D eigenvalue weighted by Crippen LogP contribution is -2.35. The predicted molar refractivity (Wildman–Crippen MR) is 109 cm³/mol. The summed E-state index contributed by atoms with van der Waals surface area (Å²) in [4.78, 5) is 27.3. The van der Waals surface area contributed by atoms with Gasteiger partial charge in [0, 0.05) is 23.8 Å². The maximum absolute atomic E-state index is 13.1. The average molecular weight is 394 g/mol. The Kier molecular flexibility index (Phi) is 4.77. The molecule has 0 saturated carbocycles. The Hall–Kier alpha value is -2.92. The Morgan fingerprint density at radius 2 is 1.89 bits per heavy atom. The molecule has 28 heavy (non-hydrogen) atoms. The standard InChI is InChI=1S/C22H20ClN3O2/c1-14-13-20(27)21(24-26(14)17-10-8-16(23)9-11-17)22(28)25(2)19-12-7-15-5-3-4-6-18(15)19/h3-6,8-11,13,19H,7,12H2,1-2H3. The minimum absolute atomic E-state index is 0.0461. The van der Waals surface area contributed by atoms with E-state index in [0.29, 0.717) is 10.7 Å². The smallest absolute Gasteiger partial charge is 0.278 e. The Balaban J connectivity index is 1.71. The summed E-state index contributed by atoms with van der Waals surface area (Å²) >= 11 is 5.96. The second kappa shape index (κ2) is 7.24. The molecule has 2 aromatic carbocycles. The van der Waals surface area contributed by atoms with Gasteiger partial charge in [-0.3, -0.25) is 9.59 Å². The van der Waals surface area contributed by atoms with Crippen molar-refractivity contribution in [3.05, 3.63) is 92.4 Å². The normalized spacial score (nSPS) is 15.3. The van der Waals surface area contributed by atoms with Crippen LogP contribution in [-0.2, 0) is 6.42 Å². The molecule has 0 fully saturated rings. The number of halogens is 1. The van der Waals surface area contributed by atoms with Gasteiger partial charge in [0.25, 0.3) is 5.91 Å². The molecular weight excluding hydrogens is 374 g/mol. The average Bonchev–Trinajstić information content (AvgIpc) is 3.12. The van der Waals surface area contributed by atoms with Gasteiger partial charge >= 0.3 is 0 Å². The molecule has 1 atom stereocenters. The van der Waals surface area contributed by atoms with Gasteiger partial charge in [-0.05, 0) is 55.2 Å². The fraction of sp³-hybridized carbons (Fsp3) is 0.227. The first kappa shape index (κ1) is 18.4. The molecule has 0 aliphatic heterocycles. The van der Waals surface area contributed by atoms with E-state index in [-0.39, 0.29) is 23.1 Å². The molecule has 1 aliphatic carbocycles. The van der Waals surface area contributed by atoms with Crippen LogP contribution in [0.15, 0.2) is 59.4 Å². The summed E-state index contributed by atoms with van der Waals surface area (Å²) in [5, 5.41) is 5.00. The molecule has 0 radical (unpaired) electrons. The van der Waals surface area contributed by atoms with Gasteiger partial charge in [0.1, 0.15) is 0 Å². The molecule has 142 valence electrons. The zero-order valence-electron chi connectivity index (χ0n) is 15.7. The minimum Gasteiger partial charge on any atom is -0.333 e. The summed E-state index contributed by atoms with van der Waals surface area (Å²) < 4.78 is 1.60. The van der Waals surface area contributed by atoms with Gasteiger partial charge in [-0.2, -0.15) is 5.10 Å². The highest BCUT2D eigenvalue weighted by Gasteiger charge is 2.30. The van der Waals surface area contributed by atoms with Gasteiger partial charge in [0.05, 0.1) is 11.7 Å². The van der Waals surface area contributed by atoms with Crippen molar-refractivity contribution < 1.29 is 4.79 Å². The van der Waals surface area contributed by atoms with E-state index >= 15 is 0 Å². The minimum atomic E-state index is -0.370. The number of amides is 1. The van der Waals surface area contributed by atoms with Gasteiger partial charge in [0.15, 0.2) is 5.69 Å². The molecule has 1 heterocycles. The van der Waals surface area contributed by atoms with Crippen LogP contribution in [0, 0.1) is 6.92 Å². The predicted octanol–water partition coefficient (Wildman–Crippen LogP) is 3.95. The number of aryl methyl sites for hydroxylation is 2. The molecule has 1 aliphatic rings. The monoisotopic (exact) mass is 393 g/mol. The third-order valence-electron chi connectivity index (χ3n) is 5.27. The van der Waals surface area contributed by atoms with Crippen molar-refractivity contribution in [1.82, 2.24) is 14.7 Å². The van der Waals surface area contributed by atoms with Crippen LogP contribution in [-0.4, -0.2) is 27.6 Å². The molecule has 4 rings (SSSR count). The zero-order chi connectivity index (χ0) is 19.8. The number of benzene rings is 2. The summed E-state index contributed by atoms with van der Waals surface area (Å²) in [5.41, 5.74) is 3.34. The van der Waals surface area contributed by atoms with Gasteiger partial charge in [-0.25, -0.2) is 4.68 Å². The Labute approximate surface area is 168 Å². The fourth-order valence-electron chi connectivity index (χ4n) is 3.78. The Morgan fingerprint density at radius 1 is 1.18 bits per heavy atom. The number of aromatic nitrogens is 2. The lowest BCUT2D eigenvalue weighted by atomic mass is 10.1. The first-order chi connectivity index (χ1) is 13.5. The topological polar surface area (TPSA) is 55.2 Å². The molecule has 0 bridgehead atoms. The number of rotatable bonds is 3. The Bertz CT molecular complexity index is 1110. The van der Waals surface area contributed by atoms with Crippen LogP contribution in [0.25, 0.3) is 5.69 Å². The lowest BCUT2D eigenvalue weighted by molar-refractivity contribution is 0.0721. The molecule has 0 saturated heterocycles. The molecule has 1 amide bonds. The van der Waals surface area contributed by atoms with Crippen LogP contribution in [0.5, 0.6) is 0 Å². The van der Waals surface area contributed by atoms with E-state index in [1.807, 2.05) is 18.2 Å². The highest BCUT2D eigenvalue weighted by Crippen LogP contribution is 2.35. The van der Waals surface area contributed by atoms with E-state index in [1.54, 1.807) is 47.8 Å². The van der Waals surface area contributed by atoms with Gasteiger partial charge in [-0.1, -0.05) is 35.9 Å². The molecule has 0 N–H and O–H groups in total.